The van der Waals surface area contributed by atoms with E-state index in [9.17, 15) is 4.79 Å². The third-order valence-corrected chi connectivity index (χ3v) is 13.8. The number of amides is 1. The minimum absolute atomic E-state index is 0.158. The predicted octanol–water partition coefficient (Wildman–Crippen LogP) is 7.71. The summed E-state index contributed by atoms with van der Waals surface area (Å²) in [4.78, 5) is 15.0. The van der Waals surface area contributed by atoms with Crippen LogP contribution in [0, 0.1) is 13.8 Å². The number of carbonyl (C=O) groups excluding carboxylic acids is 1. The van der Waals surface area contributed by atoms with Crippen LogP contribution < -0.4 is 8.89 Å². The molecule has 0 radical (unpaired) electrons. The van der Waals surface area contributed by atoms with Crippen molar-refractivity contribution in [3.63, 3.8) is 0 Å². The smallest absolute Gasteiger partial charge is 0.0594 e. The van der Waals surface area contributed by atoms with E-state index in [0.29, 0.717) is 34.7 Å². The van der Waals surface area contributed by atoms with Crippen LogP contribution in [0.1, 0.15) is 49.4 Å². The monoisotopic (exact) mass is 611 g/mol. The first-order chi connectivity index (χ1) is 18.5. The van der Waals surface area contributed by atoms with E-state index in [4.69, 9.17) is 9.16 Å². The molecule has 3 aromatic carbocycles. The number of benzene rings is 3. The summed E-state index contributed by atoms with van der Waals surface area (Å²) in [6.07, 6.45) is 1.57. The van der Waals surface area contributed by atoms with Crippen LogP contribution in [0.4, 0.5) is 4.79 Å². The maximum atomic E-state index is 13.1. The first-order valence-corrected chi connectivity index (χ1v) is 18.9. The summed E-state index contributed by atoms with van der Waals surface area (Å²) in [5, 5.41) is 1.13. The summed E-state index contributed by atoms with van der Waals surface area (Å²) in [5.74, 6) is 1.04. The van der Waals surface area contributed by atoms with Crippen molar-refractivity contribution in [1.29, 1.82) is 0 Å². The number of rotatable bonds is 12. The van der Waals surface area contributed by atoms with Crippen LogP contribution in [0.5, 0.6) is 5.75 Å². The normalized spacial score (nSPS) is 11.8. The molecule has 0 aliphatic carbocycles. The number of carbonyl (C=O) groups is 1. The van der Waals surface area contributed by atoms with Crippen molar-refractivity contribution >= 4 is 33.8 Å². The van der Waals surface area contributed by atoms with Crippen LogP contribution >= 0.6 is 0 Å². The molecule has 0 unspecified atom stereocenters. The molecule has 0 aromatic heterocycles. The van der Waals surface area contributed by atoms with Crippen molar-refractivity contribution in [3.8, 4) is 5.75 Å². The van der Waals surface area contributed by atoms with Gasteiger partial charge in [-0.15, -0.1) is 0 Å². The second-order valence-corrected chi connectivity index (χ2v) is 18.9. The van der Waals surface area contributed by atoms with Gasteiger partial charge >= 0.3 is 205 Å². The second kappa shape index (κ2) is 14.2. The molecule has 6 heteroatoms. The van der Waals surface area contributed by atoms with Crippen LogP contribution in [0.25, 0.3) is 0 Å². The third-order valence-electron chi connectivity index (χ3n) is 7.41. The van der Waals surface area contributed by atoms with Crippen LogP contribution in [0.2, 0.25) is 23.5 Å². The van der Waals surface area contributed by atoms with Crippen molar-refractivity contribution in [2.45, 2.75) is 77.5 Å². The fraction of sp³-hybridized carbons (Fsp3) is 0.424. The summed E-state index contributed by atoms with van der Waals surface area (Å²) in [5.41, 5.74) is 4.68. The number of aryl methyl sites for hydroxylation is 3. The van der Waals surface area contributed by atoms with E-state index >= 15 is 0 Å². The Balaban J connectivity index is 1.61. The van der Waals surface area contributed by atoms with Gasteiger partial charge in [-0.25, -0.2) is 0 Å². The first kappa shape index (κ1) is 31.0. The molecule has 39 heavy (non-hydrogen) atoms. The summed E-state index contributed by atoms with van der Waals surface area (Å²) in [6.45, 7) is 17.4. The van der Waals surface area contributed by atoms with Gasteiger partial charge in [-0.3, -0.25) is 0 Å². The Morgan fingerprint density at radius 2 is 1.46 bits per heavy atom. The molecule has 210 valence electrons. The molecule has 3 aromatic rings. The van der Waals surface area contributed by atoms with Crippen LogP contribution in [0.15, 0.2) is 72.8 Å². The fourth-order valence-corrected chi connectivity index (χ4v) is 7.14. The van der Waals surface area contributed by atoms with Gasteiger partial charge < -0.3 is 0 Å². The quantitative estimate of drug-likeness (QED) is 0.197. The van der Waals surface area contributed by atoms with E-state index < -0.39 is 8.32 Å². The molecular weight excluding hydrogens is 565 g/mol. The predicted molar refractivity (Wildman–Crippen MR) is 167 cm³/mol. The molecule has 4 nitrogen and oxygen atoms in total. The molecule has 0 aliphatic rings. The van der Waals surface area contributed by atoms with E-state index in [1.165, 1.54) is 21.2 Å². The first-order valence-electron chi connectivity index (χ1n) is 13.9. The number of nitrogens with zero attached hydrogens (tertiary/aromatic N) is 1. The zero-order valence-corrected chi connectivity index (χ0v) is 27.5. The van der Waals surface area contributed by atoms with Crippen LogP contribution in [0.3, 0.4) is 0 Å². The van der Waals surface area contributed by atoms with Gasteiger partial charge in [-0.1, -0.05) is 20.8 Å². The molecule has 0 N–H and O–H groups in total. The minimum atomic E-state index is -1.91. The molecule has 0 saturated heterocycles. The molecule has 0 fully saturated rings. The van der Waals surface area contributed by atoms with E-state index in [0.717, 1.165) is 29.5 Å². The van der Waals surface area contributed by atoms with Crippen molar-refractivity contribution < 1.29 is 14.0 Å². The molecule has 0 heterocycles. The molecule has 1 amide bonds. The van der Waals surface area contributed by atoms with Gasteiger partial charge in [-0.2, -0.15) is 0 Å². The topological polar surface area (TPSA) is 38.8 Å². The zero-order chi connectivity index (χ0) is 28.5. The van der Waals surface area contributed by atoms with E-state index in [1.807, 2.05) is 41.3 Å². The van der Waals surface area contributed by atoms with Gasteiger partial charge in [-0.05, 0) is 18.1 Å². The Morgan fingerprint density at radius 1 is 0.872 bits per heavy atom. The fourth-order valence-electron chi connectivity index (χ4n) is 4.12. The Kier molecular flexibility index (Phi) is 11.3. The van der Waals surface area contributed by atoms with E-state index in [-0.39, 0.29) is 11.1 Å². The maximum absolute atomic E-state index is 13.1. The Labute approximate surface area is 243 Å². The average molecular weight is 611 g/mol. The van der Waals surface area contributed by atoms with Gasteiger partial charge in [0.15, 0.2) is 0 Å². The average Bonchev–Trinajstić information content (AvgIpc) is 2.89. The summed E-state index contributed by atoms with van der Waals surface area (Å²) < 4.78 is 13.7. The SMILES string of the molecule is Cc1cc(CCCN(CC[Se]c2ccccc2)C(=O)OCc2ccccc2)cc(C)c1O[Si](C)(C)C(C)(C)C. The van der Waals surface area contributed by atoms with Crippen molar-refractivity contribution in [1.82, 2.24) is 4.90 Å². The molecule has 0 atom stereocenters. The Morgan fingerprint density at radius 3 is 2.05 bits per heavy atom. The van der Waals surface area contributed by atoms with Crippen molar-refractivity contribution in [2.75, 3.05) is 13.1 Å². The molecule has 0 spiro atoms. The van der Waals surface area contributed by atoms with Gasteiger partial charge in [0.05, 0.1) is 0 Å². The molecule has 3 rings (SSSR count). The Hall–Kier alpha value is -2.53. The second-order valence-electron chi connectivity index (χ2n) is 11.7. The summed E-state index contributed by atoms with van der Waals surface area (Å²) >= 11 is 0.327. The van der Waals surface area contributed by atoms with Crippen LogP contribution in [-0.4, -0.2) is 47.4 Å². The third kappa shape index (κ3) is 9.56. The minimum Gasteiger partial charge on any atom is -0.0594 e. The van der Waals surface area contributed by atoms with Crippen LogP contribution in [-0.2, 0) is 17.8 Å². The molecule has 0 bridgehead atoms. The van der Waals surface area contributed by atoms with E-state index in [2.05, 4.69) is 84.1 Å². The summed E-state index contributed by atoms with van der Waals surface area (Å²) in [6, 6.07) is 24.9. The number of ether oxygens (including phenoxy) is 1. The number of hydrogen-bond acceptors (Lipinski definition) is 3. The van der Waals surface area contributed by atoms with Crippen molar-refractivity contribution in [3.05, 3.63) is 95.1 Å². The summed E-state index contributed by atoms with van der Waals surface area (Å²) in [7, 11) is -1.91. The van der Waals surface area contributed by atoms with E-state index in [1.54, 1.807) is 0 Å². The van der Waals surface area contributed by atoms with Gasteiger partial charge in [0.25, 0.3) is 0 Å². The Bertz CT molecular complexity index is 1170. The van der Waals surface area contributed by atoms with Gasteiger partial charge in [0.1, 0.15) is 0 Å². The van der Waals surface area contributed by atoms with Crippen molar-refractivity contribution in [2.24, 2.45) is 0 Å². The van der Waals surface area contributed by atoms with Gasteiger partial charge in [0, 0.05) is 0 Å². The van der Waals surface area contributed by atoms with Gasteiger partial charge in [0.2, 0.25) is 0 Å². The molecular formula is C33H45NO3SeSi. The molecule has 0 aliphatic heterocycles. The number of hydrogen-bond donors (Lipinski definition) is 0. The molecule has 0 saturated carbocycles. The standard InChI is InChI=1S/C33H45NO3SeSi/c1-26-23-29(24-27(2)31(26)37-39(6,7)33(3,4)5)17-14-20-34(21-22-38-30-18-12-9-13-19-30)32(35)36-25-28-15-10-8-11-16-28/h8-13,15-16,18-19,23-24H,14,17,20-22,25H2,1-7H3. The zero-order valence-electron chi connectivity index (χ0n) is 24.8.